The van der Waals surface area contributed by atoms with E-state index in [0.717, 1.165) is 20.3 Å². The number of halogens is 3. The van der Waals surface area contributed by atoms with E-state index in [4.69, 9.17) is 14.6 Å². The molecule has 2 rings (SSSR count). The summed E-state index contributed by atoms with van der Waals surface area (Å²) in [6.07, 6.45) is -6.91. The summed E-state index contributed by atoms with van der Waals surface area (Å²) in [5, 5.41) is 3.68. The number of hydrogen-bond acceptors (Lipinski definition) is 4. The lowest BCUT2D eigenvalue weighted by molar-refractivity contribution is -0.216. The second-order valence-corrected chi connectivity index (χ2v) is 4.04. The maximum absolute atomic E-state index is 13.1. The van der Waals surface area contributed by atoms with E-state index < -0.39 is 19.3 Å². The van der Waals surface area contributed by atoms with Gasteiger partial charge in [0.25, 0.3) is 0 Å². The molecule has 0 radical (unpaired) electrons. The number of anilines is 1. The summed E-state index contributed by atoms with van der Waals surface area (Å²) >= 11 is 0. The van der Waals surface area contributed by atoms with Crippen molar-refractivity contribution in [3.63, 3.8) is 0 Å². The van der Waals surface area contributed by atoms with Crippen molar-refractivity contribution in [1.82, 2.24) is 9.78 Å². The highest BCUT2D eigenvalue weighted by atomic mass is 19.4. The number of aryl methyl sites for hydroxylation is 1. The molecule has 0 fully saturated rings. The standard InChI is InChI=1S/C12H14F3N3O2/c1-18-7-5-4-6(10(20-3)12(13,14)15)9(19-2)8(7)11(16)17-18/h4-5,10H,1-3H3,(H2,16,17)/i1D3. The molecule has 0 aliphatic rings. The van der Waals surface area contributed by atoms with Crippen LogP contribution in [-0.2, 0) is 11.7 Å². The van der Waals surface area contributed by atoms with E-state index in [1.54, 1.807) is 0 Å². The number of nitrogens with zero attached hydrogens (tertiary/aromatic N) is 2. The first-order chi connectivity index (χ1) is 10.5. The molecule has 2 aromatic rings. The number of fused-ring (bicyclic) bond motifs is 1. The Morgan fingerprint density at radius 2 is 2.10 bits per heavy atom. The largest absolute Gasteiger partial charge is 0.496 e. The Labute approximate surface area is 117 Å². The predicted molar refractivity (Wildman–Crippen MR) is 67.5 cm³/mol. The molecule has 5 nitrogen and oxygen atoms in total. The van der Waals surface area contributed by atoms with Gasteiger partial charge >= 0.3 is 6.18 Å². The number of benzene rings is 1. The van der Waals surface area contributed by atoms with Crippen LogP contribution in [0.5, 0.6) is 5.75 Å². The van der Waals surface area contributed by atoms with Crippen LogP contribution in [0.3, 0.4) is 0 Å². The molecule has 0 aliphatic heterocycles. The number of aromatic nitrogens is 2. The van der Waals surface area contributed by atoms with Crippen molar-refractivity contribution < 1.29 is 26.8 Å². The van der Waals surface area contributed by atoms with Gasteiger partial charge in [-0.25, -0.2) is 0 Å². The van der Waals surface area contributed by atoms with Gasteiger partial charge in [0, 0.05) is 23.8 Å². The predicted octanol–water partition coefficient (Wildman–Crippen LogP) is 2.41. The minimum Gasteiger partial charge on any atom is -0.496 e. The Bertz CT molecular complexity index is 728. The van der Waals surface area contributed by atoms with E-state index >= 15 is 0 Å². The molecule has 8 heteroatoms. The molecule has 0 bridgehead atoms. The van der Waals surface area contributed by atoms with E-state index in [-0.39, 0.29) is 28.0 Å². The zero-order chi connectivity index (χ0) is 17.6. The maximum Gasteiger partial charge on any atom is 0.418 e. The minimum atomic E-state index is -4.68. The lowest BCUT2D eigenvalue weighted by Crippen LogP contribution is -2.23. The van der Waals surface area contributed by atoms with Gasteiger partial charge in [0.1, 0.15) is 5.75 Å². The Morgan fingerprint density at radius 3 is 2.60 bits per heavy atom. The first kappa shape index (κ1) is 10.8. The molecular formula is C12H14F3N3O2. The molecule has 110 valence electrons. The summed E-state index contributed by atoms with van der Waals surface area (Å²) < 4.78 is 71.7. The fraction of sp³-hybridized carbons (Fsp3) is 0.417. The number of nitrogens with two attached hydrogens (primary N) is 1. The smallest absolute Gasteiger partial charge is 0.418 e. The number of alkyl halides is 3. The molecule has 0 saturated carbocycles. The average Bonchev–Trinajstić information content (AvgIpc) is 2.75. The van der Waals surface area contributed by atoms with Gasteiger partial charge in [-0.2, -0.15) is 18.3 Å². The zero-order valence-corrected chi connectivity index (χ0v) is 10.7. The van der Waals surface area contributed by atoms with E-state index in [0.29, 0.717) is 4.68 Å². The van der Waals surface area contributed by atoms with Crippen LogP contribution in [0.25, 0.3) is 10.9 Å². The van der Waals surface area contributed by atoms with Crippen molar-refractivity contribution in [3.8, 4) is 5.75 Å². The average molecular weight is 292 g/mol. The molecule has 1 aromatic carbocycles. The van der Waals surface area contributed by atoms with E-state index in [1.807, 2.05) is 0 Å². The van der Waals surface area contributed by atoms with Gasteiger partial charge in [-0.3, -0.25) is 4.68 Å². The second-order valence-electron chi connectivity index (χ2n) is 4.04. The fourth-order valence-corrected chi connectivity index (χ4v) is 2.09. The molecule has 0 saturated heterocycles. The molecule has 1 heterocycles. The number of rotatable bonds is 3. The highest BCUT2D eigenvalue weighted by molar-refractivity contribution is 5.95. The van der Waals surface area contributed by atoms with E-state index in [1.165, 1.54) is 6.07 Å². The summed E-state index contributed by atoms with van der Waals surface area (Å²) in [5.74, 6) is -0.466. The van der Waals surface area contributed by atoms with Crippen LogP contribution in [0.1, 0.15) is 15.8 Å². The SMILES string of the molecule is [2H]C([2H])([2H])n1nc(N)c2c(OC)c(C(OC)C(F)(F)F)ccc21. The van der Waals surface area contributed by atoms with Gasteiger partial charge in [-0.15, -0.1) is 0 Å². The maximum atomic E-state index is 13.1. The normalized spacial score (nSPS) is 16.6. The number of hydrogen-bond donors (Lipinski definition) is 1. The van der Waals surface area contributed by atoms with Crippen LogP contribution in [0, 0.1) is 0 Å². The number of ether oxygens (including phenoxy) is 2. The van der Waals surface area contributed by atoms with Crippen LogP contribution >= 0.6 is 0 Å². The lowest BCUT2D eigenvalue weighted by Gasteiger charge is -2.21. The zero-order valence-electron chi connectivity index (χ0n) is 13.7. The lowest BCUT2D eigenvalue weighted by atomic mass is 10.0. The third kappa shape index (κ3) is 2.15. The second kappa shape index (κ2) is 4.86. The monoisotopic (exact) mass is 292 g/mol. The van der Waals surface area contributed by atoms with Crippen molar-refractivity contribution >= 4 is 16.7 Å². The third-order valence-corrected chi connectivity index (χ3v) is 2.88. The topological polar surface area (TPSA) is 62.3 Å². The Balaban J connectivity index is 2.79. The summed E-state index contributed by atoms with van der Waals surface area (Å²) in [5.41, 5.74) is 5.41. The minimum absolute atomic E-state index is 0.00701. The van der Waals surface area contributed by atoms with Crippen LogP contribution in [0.4, 0.5) is 19.0 Å². The van der Waals surface area contributed by atoms with Crippen LogP contribution in [-0.4, -0.2) is 30.2 Å². The molecular weight excluding hydrogens is 275 g/mol. The molecule has 1 unspecified atom stereocenters. The highest BCUT2D eigenvalue weighted by Crippen LogP contribution is 2.43. The van der Waals surface area contributed by atoms with Crippen LogP contribution in [0.2, 0.25) is 0 Å². The first-order valence-corrected chi connectivity index (χ1v) is 5.47. The molecule has 0 aliphatic carbocycles. The molecule has 2 N–H and O–H groups in total. The summed E-state index contributed by atoms with van der Waals surface area (Å²) in [6, 6.07) is 2.28. The molecule has 0 amide bonds. The third-order valence-electron chi connectivity index (χ3n) is 2.88. The van der Waals surface area contributed by atoms with E-state index in [2.05, 4.69) is 9.84 Å². The van der Waals surface area contributed by atoms with Gasteiger partial charge in [0.05, 0.1) is 18.0 Å². The van der Waals surface area contributed by atoms with Crippen molar-refractivity contribution in [2.24, 2.45) is 6.98 Å². The highest BCUT2D eigenvalue weighted by Gasteiger charge is 2.43. The van der Waals surface area contributed by atoms with Crippen molar-refractivity contribution in [1.29, 1.82) is 0 Å². The van der Waals surface area contributed by atoms with Crippen molar-refractivity contribution in [2.75, 3.05) is 20.0 Å². The molecule has 1 atom stereocenters. The van der Waals surface area contributed by atoms with Crippen molar-refractivity contribution in [2.45, 2.75) is 12.3 Å². The Kier molecular flexibility index (Phi) is 2.62. The quantitative estimate of drug-likeness (QED) is 0.943. The summed E-state index contributed by atoms with van der Waals surface area (Å²) in [4.78, 5) is 0. The molecule has 20 heavy (non-hydrogen) atoms. The fourth-order valence-electron chi connectivity index (χ4n) is 2.09. The van der Waals surface area contributed by atoms with Gasteiger partial charge in [-0.05, 0) is 6.07 Å². The van der Waals surface area contributed by atoms with Gasteiger partial charge in [0.15, 0.2) is 11.9 Å². The molecule has 1 aromatic heterocycles. The van der Waals surface area contributed by atoms with Gasteiger partial charge in [-0.1, -0.05) is 6.07 Å². The summed E-state index contributed by atoms with van der Waals surface area (Å²) in [6.45, 7) is -2.63. The van der Waals surface area contributed by atoms with E-state index in [9.17, 15) is 13.2 Å². The van der Waals surface area contributed by atoms with Crippen LogP contribution in [0.15, 0.2) is 12.1 Å². The van der Waals surface area contributed by atoms with Gasteiger partial charge in [0.2, 0.25) is 0 Å². The number of nitrogen functional groups attached to an aromatic ring is 1. The van der Waals surface area contributed by atoms with Gasteiger partial charge < -0.3 is 15.2 Å². The molecule has 0 spiro atoms. The Hall–Kier alpha value is -1.96. The van der Waals surface area contributed by atoms with Crippen LogP contribution < -0.4 is 10.5 Å². The summed E-state index contributed by atoms with van der Waals surface area (Å²) in [7, 11) is 2.07. The first-order valence-electron chi connectivity index (χ1n) is 6.97. The Morgan fingerprint density at radius 1 is 1.40 bits per heavy atom. The van der Waals surface area contributed by atoms with Crippen molar-refractivity contribution in [3.05, 3.63) is 17.7 Å². The number of methoxy groups -OCH3 is 2.